The van der Waals surface area contributed by atoms with Crippen LogP contribution in [-0.4, -0.2) is 119 Å². The molecule has 0 radical (unpaired) electrons. The molecule has 1 amide bonds. The van der Waals surface area contributed by atoms with E-state index in [1.807, 2.05) is 23.1 Å². The Labute approximate surface area is 307 Å². The van der Waals surface area contributed by atoms with Crippen molar-refractivity contribution < 1.29 is 58.9 Å². The van der Waals surface area contributed by atoms with Gasteiger partial charge in [0.05, 0.1) is 31.7 Å². The molecule has 8 rings (SSSR count). The van der Waals surface area contributed by atoms with Crippen molar-refractivity contribution in [1.29, 1.82) is 0 Å². The van der Waals surface area contributed by atoms with Crippen molar-refractivity contribution in [2.24, 2.45) is 5.73 Å². The topological polar surface area (TPSA) is 255 Å². The number of nitrogens with zero attached hydrogens (tertiary/aromatic N) is 1. The average Bonchev–Trinajstić information content (AvgIpc) is 3.59. The fourth-order valence-electron chi connectivity index (χ4n) is 7.71. The summed E-state index contributed by atoms with van der Waals surface area (Å²) in [6.07, 6.45) is -6.23. The van der Waals surface area contributed by atoms with Crippen LogP contribution in [0.5, 0.6) is 11.5 Å². The molecule has 2 bridgehead atoms. The van der Waals surface area contributed by atoms with Gasteiger partial charge in [0.15, 0.2) is 23.1 Å². The van der Waals surface area contributed by atoms with Crippen LogP contribution >= 0.6 is 0 Å². The van der Waals surface area contributed by atoms with E-state index in [9.17, 15) is 39.9 Å². The Morgan fingerprint density at radius 3 is 2.54 bits per heavy atom. The number of allylic oxidation sites excluding steroid dienone is 1. The first kappa shape index (κ1) is 36.0. The SMILES string of the molecule is N[C@H]1NC(=O)[C@H]2NCN(c3ccccc3[C@@H]3/C=C/OC[C@@H]4O[C@H](Oc5c3cc3c(c5OCCO)C(=O)c5cc(CO)ccc5C3=O)[C@@H](O)[C@H](O)[C@H]4O)[C@@H]2N1. The second-order valence-corrected chi connectivity index (χ2v) is 13.6. The van der Waals surface area contributed by atoms with Gasteiger partial charge >= 0.3 is 0 Å². The normalized spacial score (nSPS) is 30.7. The van der Waals surface area contributed by atoms with Crippen LogP contribution in [0.3, 0.4) is 0 Å². The number of rotatable bonds is 6. The summed E-state index contributed by atoms with van der Waals surface area (Å²) in [5.41, 5.74) is 7.90. The molecule has 0 unspecified atom stereocenters. The Kier molecular flexibility index (Phi) is 9.59. The molecule has 3 saturated heterocycles. The molecule has 3 aromatic carbocycles. The predicted octanol–water partition coefficient (Wildman–Crippen LogP) is -1.79. The van der Waals surface area contributed by atoms with Crippen LogP contribution in [0.15, 0.2) is 60.9 Å². The van der Waals surface area contributed by atoms with Crippen molar-refractivity contribution in [2.75, 3.05) is 31.4 Å². The second kappa shape index (κ2) is 14.4. The van der Waals surface area contributed by atoms with Crippen molar-refractivity contribution >= 4 is 23.2 Å². The van der Waals surface area contributed by atoms with Gasteiger partial charge in [-0.3, -0.25) is 30.8 Å². The number of anilines is 1. The minimum absolute atomic E-state index is 0.0191. The maximum Gasteiger partial charge on any atom is 0.242 e. The summed E-state index contributed by atoms with van der Waals surface area (Å²) in [4.78, 5) is 43.5. The average molecular weight is 746 g/mol. The van der Waals surface area contributed by atoms with E-state index in [0.29, 0.717) is 16.8 Å². The number of nitrogens with two attached hydrogens (primary N) is 1. The molecule has 17 heteroatoms. The lowest BCUT2D eigenvalue weighted by Crippen LogP contribution is -2.70. The first-order valence-electron chi connectivity index (χ1n) is 17.4. The van der Waals surface area contributed by atoms with E-state index in [-0.39, 0.29) is 71.7 Å². The Morgan fingerprint density at radius 1 is 0.926 bits per heavy atom. The molecular formula is C37H39N5O12. The predicted molar refractivity (Wildman–Crippen MR) is 186 cm³/mol. The van der Waals surface area contributed by atoms with Crippen LogP contribution in [0, 0.1) is 0 Å². The minimum Gasteiger partial charge on any atom is -0.499 e. The van der Waals surface area contributed by atoms with E-state index >= 15 is 0 Å². The van der Waals surface area contributed by atoms with Crippen molar-refractivity contribution in [2.45, 2.75) is 61.7 Å². The summed E-state index contributed by atoms with van der Waals surface area (Å²) >= 11 is 0. The highest BCUT2D eigenvalue weighted by atomic mass is 16.7. The third-order valence-corrected chi connectivity index (χ3v) is 10.3. The smallest absolute Gasteiger partial charge is 0.242 e. The highest BCUT2D eigenvalue weighted by Gasteiger charge is 2.48. The Hall–Kier alpha value is -4.95. The second-order valence-electron chi connectivity index (χ2n) is 13.6. The molecule has 4 heterocycles. The van der Waals surface area contributed by atoms with E-state index in [1.54, 1.807) is 18.2 Å². The number of hydrogen-bond acceptors (Lipinski definition) is 16. The first-order valence-corrected chi connectivity index (χ1v) is 17.4. The quantitative estimate of drug-likeness (QED) is 0.106. The van der Waals surface area contributed by atoms with E-state index < -0.39 is 73.3 Å². The highest BCUT2D eigenvalue weighted by molar-refractivity contribution is 6.29. The zero-order valence-electron chi connectivity index (χ0n) is 28.6. The number of ether oxygens (including phenoxy) is 4. The van der Waals surface area contributed by atoms with Crippen molar-refractivity contribution in [3.8, 4) is 11.5 Å². The number of aliphatic hydroxyl groups is 5. The number of hydrogen-bond donors (Lipinski definition) is 9. The number of ketones is 2. The number of nitrogens with one attached hydrogen (secondary N) is 3. The lowest BCUT2D eigenvalue weighted by atomic mass is 9.79. The summed E-state index contributed by atoms with van der Waals surface area (Å²) < 4.78 is 24.3. The van der Waals surface area contributed by atoms with Crippen LogP contribution < -0.4 is 36.1 Å². The number of para-hydroxylation sites is 1. The molecule has 0 aromatic heterocycles. The summed E-state index contributed by atoms with van der Waals surface area (Å²) in [5.74, 6) is -2.68. The number of fused-ring (bicyclic) bond motifs is 6. The molecule has 284 valence electrons. The molecule has 1 aliphatic carbocycles. The van der Waals surface area contributed by atoms with E-state index in [1.165, 1.54) is 24.5 Å². The molecular weight excluding hydrogens is 706 g/mol. The molecule has 0 spiro atoms. The summed E-state index contributed by atoms with van der Waals surface area (Å²) in [6, 6.07) is 12.6. The maximum atomic E-state index is 14.4. The lowest BCUT2D eigenvalue weighted by Gasteiger charge is -2.40. The third kappa shape index (κ3) is 5.99. The Balaban J connectivity index is 1.36. The van der Waals surface area contributed by atoms with Gasteiger partial charge in [0.25, 0.3) is 0 Å². The number of amides is 1. The molecule has 54 heavy (non-hydrogen) atoms. The fourth-order valence-corrected chi connectivity index (χ4v) is 7.71. The monoisotopic (exact) mass is 745 g/mol. The Morgan fingerprint density at radius 2 is 1.74 bits per heavy atom. The molecule has 5 aliphatic rings. The summed E-state index contributed by atoms with van der Waals surface area (Å²) in [5, 5.41) is 61.5. The van der Waals surface area contributed by atoms with E-state index in [2.05, 4.69) is 16.0 Å². The van der Waals surface area contributed by atoms with Gasteiger partial charge in [-0.2, -0.15) is 0 Å². The van der Waals surface area contributed by atoms with Crippen LogP contribution in [0.25, 0.3) is 0 Å². The van der Waals surface area contributed by atoms with Gasteiger partial charge in [-0.25, -0.2) is 0 Å². The number of carbonyl (C=O) groups excluding carboxylic acids is 3. The van der Waals surface area contributed by atoms with Gasteiger partial charge < -0.3 is 54.7 Å². The molecule has 0 saturated carbocycles. The number of carbonyl (C=O) groups is 3. The largest absolute Gasteiger partial charge is 0.499 e. The zero-order chi connectivity index (χ0) is 37.8. The van der Waals surface area contributed by atoms with E-state index in [0.717, 1.165) is 0 Å². The molecule has 3 aromatic rings. The van der Waals surface area contributed by atoms with Gasteiger partial charge in [-0.15, -0.1) is 0 Å². The third-order valence-electron chi connectivity index (χ3n) is 10.3. The summed E-state index contributed by atoms with van der Waals surface area (Å²) in [7, 11) is 0. The fraction of sp³-hybridized carbons (Fsp3) is 0.378. The van der Waals surface area contributed by atoms with Gasteiger partial charge in [0.1, 0.15) is 56.1 Å². The molecule has 3 fully saturated rings. The Bertz CT molecular complexity index is 2030. The standard InChI is InChI=1S/C37H39N5O12/c38-37-40-34-26(35(50)41-37)39-15-42(34)23-4-2-1-3-18(23)17-7-9-51-14-24-29(47)30(48)31(49)36(53-24)54-32-21(17)12-22-25(33(32)52-10-8-43)28(46)20-11-16(13-44)5-6-19(20)27(22)45/h1-7,9,11-12,17,24,26,29-31,34,36-37,39-40,43-44,47-49H,8,10,13-15,38H2,(H,41,50)/b9-7+/t17-,24-,26-,29-,30+,31-,34-,36+,37+/m0/s1. The molecule has 9 atom stereocenters. The van der Waals surface area contributed by atoms with Crippen LogP contribution in [-0.2, 0) is 20.9 Å². The van der Waals surface area contributed by atoms with Crippen molar-refractivity contribution in [3.63, 3.8) is 0 Å². The highest BCUT2D eigenvalue weighted by Crippen LogP contribution is 2.49. The minimum atomic E-state index is -1.80. The number of aliphatic hydroxyl groups excluding tert-OH is 5. The van der Waals surface area contributed by atoms with Gasteiger partial charge in [0, 0.05) is 33.9 Å². The summed E-state index contributed by atoms with van der Waals surface area (Å²) in [6.45, 7) is -1.23. The van der Waals surface area contributed by atoms with Crippen molar-refractivity contribution in [1.82, 2.24) is 16.0 Å². The zero-order valence-corrected chi connectivity index (χ0v) is 28.6. The van der Waals surface area contributed by atoms with E-state index in [4.69, 9.17) is 24.7 Å². The van der Waals surface area contributed by atoms with Crippen molar-refractivity contribution in [3.05, 3.63) is 99.8 Å². The molecule has 10 N–H and O–H groups in total. The first-order chi connectivity index (χ1) is 26.1. The maximum absolute atomic E-state index is 14.4. The lowest BCUT2D eigenvalue weighted by molar-refractivity contribution is -0.277. The molecule has 4 aliphatic heterocycles. The van der Waals surface area contributed by atoms with Gasteiger partial charge in [-0.1, -0.05) is 24.3 Å². The van der Waals surface area contributed by atoms with Crippen LogP contribution in [0.2, 0.25) is 0 Å². The molecule has 17 nitrogen and oxygen atoms in total. The van der Waals surface area contributed by atoms with Crippen LogP contribution in [0.1, 0.15) is 54.5 Å². The van der Waals surface area contributed by atoms with Gasteiger partial charge in [-0.05, 0) is 41.5 Å². The number of benzene rings is 3. The van der Waals surface area contributed by atoms with Gasteiger partial charge in [0.2, 0.25) is 12.2 Å². The van der Waals surface area contributed by atoms with Crippen LogP contribution in [0.4, 0.5) is 5.69 Å².